The molecule has 7 heteroatoms. The van der Waals surface area contributed by atoms with Gasteiger partial charge < -0.3 is 4.74 Å². The minimum atomic E-state index is -3.22. The molecule has 0 aliphatic heterocycles. The van der Waals surface area contributed by atoms with E-state index in [9.17, 15) is 8.42 Å². The molecule has 3 nitrogen and oxygen atoms in total. The number of benzene rings is 1. The van der Waals surface area contributed by atoms with Gasteiger partial charge in [0.2, 0.25) is 0 Å². The van der Waals surface area contributed by atoms with Gasteiger partial charge in [-0.25, -0.2) is 8.42 Å². The summed E-state index contributed by atoms with van der Waals surface area (Å²) in [7, 11) is -1.73. The number of sulfone groups is 1. The molecule has 0 amide bonds. The fraction of sp³-hybridized carbons (Fsp3) is 0.429. The molecule has 2 unspecified atom stereocenters. The number of hydrogen-bond donors (Lipinski definition) is 0. The molecule has 1 aromatic carbocycles. The van der Waals surface area contributed by atoms with E-state index in [1.165, 1.54) is 37.4 Å². The lowest BCUT2D eigenvalue weighted by molar-refractivity contribution is 0.137. The molecule has 150 valence electrons. The van der Waals surface area contributed by atoms with Crippen LogP contribution in [0.1, 0.15) is 31.2 Å². The van der Waals surface area contributed by atoms with Crippen molar-refractivity contribution in [3.63, 3.8) is 0 Å². The summed E-state index contributed by atoms with van der Waals surface area (Å²) in [5, 5.41) is -0.441. The number of ether oxygens (including phenoxy) is 1. The highest BCUT2D eigenvalue weighted by atomic mass is 35.5. The molecule has 2 atom stereocenters. The summed E-state index contributed by atoms with van der Waals surface area (Å²) in [5.74, 6) is -0.138. The topological polar surface area (TPSA) is 43.4 Å². The Balaban J connectivity index is 1.76. The molecular formula is C21H21Cl3O3S. The van der Waals surface area contributed by atoms with E-state index >= 15 is 0 Å². The Kier molecular flexibility index (Phi) is 5.04. The molecule has 0 saturated heterocycles. The second-order valence-corrected chi connectivity index (χ2v) is 11.4. The van der Waals surface area contributed by atoms with Crippen LogP contribution in [0.25, 0.3) is 5.57 Å². The van der Waals surface area contributed by atoms with Crippen molar-refractivity contribution in [3.05, 3.63) is 57.6 Å². The number of rotatable bonds is 4. The average molecular weight is 460 g/mol. The third-order valence-electron chi connectivity index (χ3n) is 6.05. The van der Waals surface area contributed by atoms with Gasteiger partial charge in [0.15, 0.2) is 14.9 Å². The van der Waals surface area contributed by atoms with Crippen LogP contribution in [0.5, 0.6) is 0 Å². The Bertz CT molecular complexity index is 1020. The minimum Gasteiger partial charge on any atom is -0.354 e. The van der Waals surface area contributed by atoms with Crippen molar-refractivity contribution >= 4 is 50.2 Å². The van der Waals surface area contributed by atoms with Gasteiger partial charge in [0.1, 0.15) is 0 Å². The van der Waals surface area contributed by atoms with Crippen molar-refractivity contribution in [1.29, 1.82) is 0 Å². The second-order valence-electron chi connectivity index (χ2n) is 8.00. The Morgan fingerprint density at radius 1 is 1.11 bits per heavy atom. The molecule has 28 heavy (non-hydrogen) atoms. The number of allylic oxidation sites excluding steroid dienone is 4. The largest absolute Gasteiger partial charge is 0.354 e. The van der Waals surface area contributed by atoms with E-state index in [2.05, 4.69) is 0 Å². The molecule has 4 rings (SSSR count). The molecular weight excluding hydrogens is 439 g/mol. The highest BCUT2D eigenvalue weighted by molar-refractivity contribution is 7.90. The van der Waals surface area contributed by atoms with Gasteiger partial charge in [0.25, 0.3) is 0 Å². The average Bonchev–Trinajstić information content (AvgIpc) is 3.31. The van der Waals surface area contributed by atoms with E-state index in [-0.39, 0.29) is 5.92 Å². The zero-order valence-corrected chi connectivity index (χ0v) is 18.7. The zero-order chi connectivity index (χ0) is 20.3. The van der Waals surface area contributed by atoms with E-state index in [4.69, 9.17) is 39.5 Å². The Hall–Kier alpha value is -0.780. The summed E-state index contributed by atoms with van der Waals surface area (Å²) in [6, 6.07) is 7.12. The van der Waals surface area contributed by atoms with Crippen LogP contribution in [-0.4, -0.2) is 26.8 Å². The maximum atomic E-state index is 11.8. The van der Waals surface area contributed by atoms with Crippen LogP contribution in [0.2, 0.25) is 0 Å². The summed E-state index contributed by atoms with van der Waals surface area (Å²) in [4.78, 5) is 0.322. The number of hydrogen-bond acceptors (Lipinski definition) is 3. The highest BCUT2D eigenvalue weighted by Gasteiger charge is 2.50. The zero-order valence-electron chi connectivity index (χ0n) is 15.6. The predicted molar refractivity (Wildman–Crippen MR) is 114 cm³/mol. The Morgan fingerprint density at radius 3 is 2.29 bits per heavy atom. The van der Waals surface area contributed by atoms with Gasteiger partial charge in [-0.1, -0.05) is 58.6 Å². The first-order valence-electron chi connectivity index (χ1n) is 9.10. The molecule has 0 aromatic heterocycles. The third kappa shape index (κ3) is 3.48. The van der Waals surface area contributed by atoms with Crippen LogP contribution >= 0.6 is 34.8 Å². The molecule has 1 aromatic rings. The minimum absolute atomic E-state index is 0.138. The molecule has 0 radical (unpaired) electrons. The molecule has 1 fully saturated rings. The first-order chi connectivity index (χ1) is 13.1. The number of halogens is 3. The van der Waals surface area contributed by atoms with Crippen molar-refractivity contribution in [2.24, 2.45) is 11.3 Å². The van der Waals surface area contributed by atoms with Crippen LogP contribution in [-0.2, 0) is 14.6 Å². The van der Waals surface area contributed by atoms with Gasteiger partial charge in [0, 0.05) is 24.3 Å². The van der Waals surface area contributed by atoms with E-state index in [1.54, 1.807) is 18.2 Å². The number of alkyl halides is 1. The summed E-state index contributed by atoms with van der Waals surface area (Å²) in [6.07, 6.45) is 9.27. The third-order valence-corrected chi connectivity index (χ3v) is 8.75. The Morgan fingerprint density at radius 2 is 1.75 bits per heavy atom. The smallest absolute Gasteiger partial charge is 0.197 e. The van der Waals surface area contributed by atoms with Gasteiger partial charge in [-0.3, -0.25) is 0 Å². The molecule has 1 spiro atoms. The van der Waals surface area contributed by atoms with Crippen LogP contribution in [0.3, 0.4) is 0 Å². The fourth-order valence-electron chi connectivity index (χ4n) is 4.18. The first-order valence-corrected chi connectivity index (χ1v) is 12.1. The van der Waals surface area contributed by atoms with Gasteiger partial charge in [-0.05, 0) is 60.4 Å². The molecule has 0 bridgehead atoms. The second kappa shape index (κ2) is 6.88. The monoisotopic (exact) mass is 458 g/mol. The lowest BCUT2D eigenvalue weighted by Crippen LogP contribution is -2.27. The van der Waals surface area contributed by atoms with Gasteiger partial charge >= 0.3 is 0 Å². The van der Waals surface area contributed by atoms with E-state index in [0.29, 0.717) is 20.4 Å². The van der Waals surface area contributed by atoms with Crippen LogP contribution in [0.4, 0.5) is 0 Å². The lowest BCUT2D eigenvalue weighted by Gasteiger charge is -2.30. The summed E-state index contributed by atoms with van der Waals surface area (Å²) >= 11 is 19.5. The molecule has 0 N–H and O–H groups in total. The first kappa shape index (κ1) is 20.5. The fourth-order valence-corrected chi connectivity index (χ4v) is 5.64. The van der Waals surface area contributed by atoms with Gasteiger partial charge in [-0.2, -0.15) is 0 Å². The quantitative estimate of drug-likeness (QED) is 0.417. The summed E-state index contributed by atoms with van der Waals surface area (Å²) in [6.45, 7) is 0. The van der Waals surface area contributed by atoms with Crippen LogP contribution in [0.15, 0.2) is 57.0 Å². The van der Waals surface area contributed by atoms with Crippen molar-refractivity contribution in [2.75, 3.05) is 13.4 Å². The molecule has 3 aliphatic rings. The van der Waals surface area contributed by atoms with Crippen molar-refractivity contribution in [1.82, 2.24) is 0 Å². The summed E-state index contributed by atoms with van der Waals surface area (Å²) in [5.41, 5.74) is 3.82. The Labute approximate surface area is 180 Å². The molecule has 0 heterocycles. The standard InChI is InChI=1S/C21H21Cl3O3S/c1-27-21(24)8-7-15(18(22)19(21)23)17-12-20(9-10-20)11-16(17)13-3-5-14(6-4-13)28(2,25)26/h3-8,15H,9-12H2,1-2H3. The van der Waals surface area contributed by atoms with E-state index < -0.39 is 14.9 Å². The molecule has 3 aliphatic carbocycles. The lowest BCUT2D eigenvalue weighted by atomic mass is 9.88. The van der Waals surface area contributed by atoms with Crippen molar-refractivity contribution in [3.8, 4) is 0 Å². The number of methoxy groups -OCH3 is 1. The highest BCUT2D eigenvalue weighted by Crippen LogP contribution is 2.64. The van der Waals surface area contributed by atoms with Crippen molar-refractivity contribution in [2.45, 2.75) is 35.6 Å². The van der Waals surface area contributed by atoms with Crippen LogP contribution in [0, 0.1) is 11.3 Å². The van der Waals surface area contributed by atoms with Gasteiger partial charge in [0.05, 0.1) is 9.93 Å². The maximum absolute atomic E-state index is 11.8. The van der Waals surface area contributed by atoms with E-state index in [0.717, 1.165) is 18.4 Å². The molecule has 1 saturated carbocycles. The predicted octanol–water partition coefficient (Wildman–Crippen LogP) is 5.87. The van der Waals surface area contributed by atoms with Crippen molar-refractivity contribution < 1.29 is 13.2 Å². The SMILES string of the molecule is COC1(Cl)C=CC(C2=C(c3ccc(S(C)(=O)=O)cc3)CC3(CC3)C2)C(Cl)=C1Cl. The van der Waals surface area contributed by atoms with Gasteiger partial charge in [-0.15, -0.1) is 0 Å². The van der Waals surface area contributed by atoms with E-state index in [1.807, 2.05) is 18.2 Å². The van der Waals surface area contributed by atoms with Crippen LogP contribution < -0.4 is 0 Å². The maximum Gasteiger partial charge on any atom is 0.197 e. The summed E-state index contributed by atoms with van der Waals surface area (Å²) < 4.78 is 28.9. The normalized spacial score (nSPS) is 29.1.